The zero-order chi connectivity index (χ0) is 27.5. The van der Waals surface area contributed by atoms with E-state index in [0.29, 0.717) is 37.2 Å². The highest BCUT2D eigenvalue weighted by atomic mass is 16.5. The average Bonchev–Trinajstić information content (AvgIpc) is 3.46. The number of morpholine rings is 1. The first-order valence-corrected chi connectivity index (χ1v) is 13.6. The molecular weight excluding hydrogens is 506 g/mol. The maximum Gasteiger partial charge on any atom is 0.248 e. The number of para-hydroxylation sites is 1. The Morgan fingerprint density at radius 2 is 1.80 bits per heavy atom. The van der Waals surface area contributed by atoms with E-state index in [1.165, 1.54) is 5.69 Å². The minimum Gasteiger partial charge on any atom is -0.489 e. The molecule has 6 rings (SSSR count). The first kappa shape index (κ1) is 25.9. The summed E-state index contributed by atoms with van der Waals surface area (Å²) >= 11 is 0. The van der Waals surface area contributed by atoms with Gasteiger partial charge in [0.05, 0.1) is 29.8 Å². The van der Waals surface area contributed by atoms with Crippen molar-refractivity contribution >= 4 is 22.6 Å². The number of aromatic amines is 1. The van der Waals surface area contributed by atoms with Crippen molar-refractivity contribution in [1.82, 2.24) is 14.9 Å². The van der Waals surface area contributed by atoms with Crippen molar-refractivity contribution in [1.29, 1.82) is 5.26 Å². The number of amides is 1. The van der Waals surface area contributed by atoms with Crippen LogP contribution in [0, 0.1) is 11.3 Å². The maximum absolute atomic E-state index is 11.7. The number of ether oxygens (including phenoxy) is 2. The number of imidazole rings is 1. The summed E-state index contributed by atoms with van der Waals surface area (Å²) in [6, 6.07) is 22.4. The number of benzene rings is 3. The van der Waals surface area contributed by atoms with E-state index in [9.17, 15) is 10.1 Å². The molecule has 0 aliphatic carbocycles. The average molecular weight is 538 g/mol. The number of hydrogen-bond acceptors (Lipinski definition) is 7. The minimum absolute atomic E-state index is 0.0901. The number of likely N-dealkylation sites (tertiary alicyclic amines) is 1. The molecule has 0 radical (unpaired) electrons. The van der Waals surface area contributed by atoms with Gasteiger partial charge in [-0.05, 0) is 48.0 Å². The van der Waals surface area contributed by atoms with Gasteiger partial charge in [0, 0.05) is 55.8 Å². The van der Waals surface area contributed by atoms with Gasteiger partial charge in [0.25, 0.3) is 0 Å². The number of anilines is 1. The third-order valence-electron chi connectivity index (χ3n) is 7.66. The minimum atomic E-state index is -0.475. The Kier molecular flexibility index (Phi) is 7.36. The molecule has 4 aromatic rings. The quantitative estimate of drug-likeness (QED) is 0.383. The summed E-state index contributed by atoms with van der Waals surface area (Å²) in [5.74, 6) is 1.07. The monoisotopic (exact) mass is 537 g/mol. The van der Waals surface area contributed by atoms with Crippen LogP contribution in [0.3, 0.4) is 0 Å². The molecule has 9 nitrogen and oxygen atoms in total. The number of aliphatic hydroxyl groups excluding tert-OH is 1. The Morgan fingerprint density at radius 3 is 2.52 bits per heavy atom. The lowest BCUT2D eigenvalue weighted by molar-refractivity contribution is -0.135. The molecule has 204 valence electrons. The zero-order valence-electron chi connectivity index (χ0n) is 22.2. The summed E-state index contributed by atoms with van der Waals surface area (Å²) in [6.07, 6.45) is 1.22. The van der Waals surface area contributed by atoms with E-state index in [1.54, 1.807) is 4.90 Å². The fraction of sp³-hybridized carbons (Fsp3) is 0.323. The van der Waals surface area contributed by atoms with Gasteiger partial charge in [0.1, 0.15) is 30.4 Å². The lowest BCUT2D eigenvalue weighted by atomic mass is 10.0. The van der Waals surface area contributed by atoms with E-state index in [1.807, 2.05) is 36.4 Å². The Labute approximate surface area is 232 Å². The van der Waals surface area contributed by atoms with Gasteiger partial charge < -0.3 is 29.4 Å². The van der Waals surface area contributed by atoms with Crippen molar-refractivity contribution in [2.75, 3.05) is 50.9 Å². The normalized spacial score (nSPS) is 16.2. The second kappa shape index (κ2) is 11.4. The molecule has 0 atom stereocenters. The Balaban J connectivity index is 1.22. The van der Waals surface area contributed by atoms with Crippen LogP contribution in [0.25, 0.3) is 33.5 Å². The number of aromatic nitrogens is 2. The molecule has 3 heterocycles. The second-order valence-corrected chi connectivity index (χ2v) is 10.1. The predicted octanol–water partition coefficient (Wildman–Crippen LogP) is 3.97. The van der Waals surface area contributed by atoms with E-state index in [2.05, 4.69) is 40.2 Å². The highest BCUT2D eigenvalue weighted by Crippen LogP contribution is 2.33. The number of nitrogens with zero attached hydrogens (tertiary/aromatic N) is 4. The second-order valence-electron chi connectivity index (χ2n) is 10.1. The molecule has 40 heavy (non-hydrogen) atoms. The fourth-order valence-electron chi connectivity index (χ4n) is 5.44. The highest BCUT2D eigenvalue weighted by molar-refractivity contribution is 5.94. The van der Waals surface area contributed by atoms with Crippen molar-refractivity contribution in [2.24, 2.45) is 0 Å². The van der Waals surface area contributed by atoms with E-state index in [-0.39, 0.29) is 12.0 Å². The van der Waals surface area contributed by atoms with Gasteiger partial charge in [0.15, 0.2) is 0 Å². The molecule has 0 unspecified atom stereocenters. The summed E-state index contributed by atoms with van der Waals surface area (Å²) in [4.78, 5) is 24.1. The van der Waals surface area contributed by atoms with E-state index in [0.717, 1.165) is 59.9 Å². The predicted molar refractivity (Wildman–Crippen MR) is 152 cm³/mol. The number of nitriles is 1. The molecule has 0 bridgehead atoms. The van der Waals surface area contributed by atoms with E-state index < -0.39 is 6.61 Å². The standard InChI is InChI=1S/C31H31N5O4/c32-19-23-18-22(6-9-28(23)40-25-10-12-36(13-11-25)29(38)20-37)26-2-1-3-27-30(26)34-31(33-27)21-4-7-24(8-5-21)35-14-16-39-17-15-35/h1-9,18,25,37H,10-17,20H2,(H,33,34). The van der Waals surface area contributed by atoms with Crippen molar-refractivity contribution in [2.45, 2.75) is 18.9 Å². The van der Waals surface area contributed by atoms with Gasteiger partial charge >= 0.3 is 0 Å². The first-order valence-electron chi connectivity index (χ1n) is 13.6. The number of H-pyrrole nitrogens is 1. The SMILES string of the molecule is N#Cc1cc(-c2cccc3[nH]c(-c4ccc(N5CCOCC5)cc4)nc23)ccc1OC1CCN(C(=O)CO)CC1. The molecule has 1 aromatic heterocycles. The van der Waals surface area contributed by atoms with Crippen molar-refractivity contribution in [3.63, 3.8) is 0 Å². The van der Waals surface area contributed by atoms with Crippen molar-refractivity contribution < 1.29 is 19.4 Å². The molecule has 0 spiro atoms. The topological polar surface area (TPSA) is 115 Å². The molecule has 0 saturated carbocycles. The molecular formula is C31H31N5O4. The van der Waals surface area contributed by atoms with Crippen LogP contribution in [-0.4, -0.2) is 78.0 Å². The van der Waals surface area contributed by atoms with Crippen molar-refractivity contribution in [3.8, 4) is 34.3 Å². The third kappa shape index (κ3) is 5.24. The molecule has 3 aromatic carbocycles. The molecule has 9 heteroatoms. The first-order chi connectivity index (χ1) is 19.6. The van der Waals surface area contributed by atoms with Crippen LogP contribution in [0.5, 0.6) is 5.75 Å². The number of carbonyl (C=O) groups is 1. The number of hydrogen-bond donors (Lipinski definition) is 2. The summed E-state index contributed by atoms with van der Waals surface area (Å²) in [5.41, 5.74) is 6.23. The van der Waals surface area contributed by atoms with Gasteiger partial charge in [-0.25, -0.2) is 4.98 Å². The Bertz CT molecular complexity index is 1540. The lowest BCUT2D eigenvalue weighted by Crippen LogP contribution is -2.42. The van der Waals surface area contributed by atoms with Crippen LogP contribution < -0.4 is 9.64 Å². The van der Waals surface area contributed by atoms with Crippen LogP contribution in [-0.2, 0) is 9.53 Å². The van der Waals surface area contributed by atoms with Gasteiger partial charge in [-0.2, -0.15) is 5.26 Å². The Hall–Kier alpha value is -4.39. The van der Waals surface area contributed by atoms with Crippen LogP contribution in [0.1, 0.15) is 18.4 Å². The van der Waals surface area contributed by atoms with Crippen LogP contribution in [0.15, 0.2) is 60.7 Å². The zero-order valence-corrected chi connectivity index (χ0v) is 22.2. The summed E-state index contributed by atoms with van der Waals surface area (Å²) in [6.45, 7) is 3.88. The van der Waals surface area contributed by atoms with Crippen LogP contribution in [0.2, 0.25) is 0 Å². The van der Waals surface area contributed by atoms with Crippen molar-refractivity contribution in [3.05, 3.63) is 66.2 Å². The van der Waals surface area contributed by atoms with Crippen LogP contribution >= 0.6 is 0 Å². The molecule has 2 saturated heterocycles. The number of rotatable bonds is 6. The smallest absolute Gasteiger partial charge is 0.248 e. The molecule has 2 N–H and O–H groups in total. The molecule has 2 aliphatic heterocycles. The fourth-order valence-corrected chi connectivity index (χ4v) is 5.44. The van der Waals surface area contributed by atoms with Crippen LogP contribution in [0.4, 0.5) is 5.69 Å². The number of carbonyl (C=O) groups excluding carboxylic acids is 1. The van der Waals surface area contributed by atoms with E-state index >= 15 is 0 Å². The van der Waals surface area contributed by atoms with Gasteiger partial charge in [-0.15, -0.1) is 0 Å². The summed E-state index contributed by atoms with van der Waals surface area (Å²) in [7, 11) is 0. The van der Waals surface area contributed by atoms with Gasteiger partial charge in [-0.1, -0.05) is 18.2 Å². The van der Waals surface area contributed by atoms with Gasteiger partial charge in [-0.3, -0.25) is 4.79 Å². The maximum atomic E-state index is 11.7. The third-order valence-corrected chi connectivity index (χ3v) is 7.66. The summed E-state index contributed by atoms with van der Waals surface area (Å²) in [5, 5.41) is 19.0. The number of piperidine rings is 1. The number of fused-ring (bicyclic) bond motifs is 1. The van der Waals surface area contributed by atoms with E-state index in [4.69, 9.17) is 19.6 Å². The number of nitrogens with one attached hydrogen (secondary N) is 1. The lowest BCUT2D eigenvalue weighted by Gasteiger charge is -2.32. The largest absolute Gasteiger partial charge is 0.489 e. The molecule has 2 fully saturated rings. The number of aliphatic hydroxyl groups is 1. The Morgan fingerprint density at radius 1 is 1.05 bits per heavy atom. The summed E-state index contributed by atoms with van der Waals surface area (Å²) < 4.78 is 11.6. The molecule has 1 amide bonds. The molecule has 2 aliphatic rings. The highest BCUT2D eigenvalue weighted by Gasteiger charge is 2.24. The van der Waals surface area contributed by atoms with Gasteiger partial charge in [0.2, 0.25) is 5.91 Å².